The molecule has 0 aromatic heterocycles. The van der Waals surface area contributed by atoms with E-state index in [9.17, 15) is 4.79 Å². The minimum absolute atomic E-state index is 0.318. The Kier molecular flexibility index (Phi) is 4.64. The molecule has 0 aliphatic rings. The number of rotatable bonds is 2. The van der Waals surface area contributed by atoms with E-state index >= 15 is 0 Å². The maximum atomic E-state index is 11.6. The molecule has 0 saturated heterocycles. The number of halogens is 3. The molecule has 17 heavy (non-hydrogen) atoms. The number of benzene rings is 1. The second-order valence-corrected chi connectivity index (χ2v) is 5.75. The van der Waals surface area contributed by atoms with E-state index in [0.717, 1.165) is 5.56 Å². The van der Waals surface area contributed by atoms with Gasteiger partial charge in [0, 0.05) is 13.6 Å². The maximum absolute atomic E-state index is 11.6. The van der Waals surface area contributed by atoms with Crippen LogP contribution in [-0.4, -0.2) is 21.6 Å². The average Bonchev–Trinajstić information content (AvgIpc) is 2.27. The van der Waals surface area contributed by atoms with Gasteiger partial charge in [-0.05, 0) is 17.7 Å². The standard InChI is InChI=1S/C11H9Cl3N2O/c1-16(10(17)11(12,13)14)7-9-4-2-8(6-15)3-5-9/h2-5H,7H2,1H3. The number of hydrogen-bond acceptors (Lipinski definition) is 2. The topological polar surface area (TPSA) is 44.1 Å². The molecule has 3 nitrogen and oxygen atoms in total. The summed E-state index contributed by atoms with van der Waals surface area (Å²) in [7, 11) is 1.54. The number of alkyl halides is 3. The normalized spacial score (nSPS) is 10.8. The molecule has 6 heteroatoms. The number of nitriles is 1. The lowest BCUT2D eigenvalue weighted by Crippen LogP contribution is -2.35. The Morgan fingerprint density at radius 1 is 1.35 bits per heavy atom. The van der Waals surface area contributed by atoms with Crippen molar-refractivity contribution in [3.05, 3.63) is 35.4 Å². The van der Waals surface area contributed by atoms with Gasteiger partial charge >= 0.3 is 0 Å². The van der Waals surface area contributed by atoms with Crippen molar-refractivity contribution in [3.8, 4) is 6.07 Å². The SMILES string of the molecule is CN(Cc1ccc(C#N)cc1)C(=O)C(Cl)(Cl)Cl. The molecule has 0 spiro atoms. The Labute approximate surface area is 114 Å². The zero-order valence-corrected chi connectivity index (χ0v) is 11.2. The van der Waals surface area contributed by atoms with Crippen LogP contribution in [0.1, 0.15) is 11.1 Å². The first-order valence-electron chi connectivity index (χ1n) is 4.66. The third-order valence-electron chi connectivity index (χ3n) is 2.09. The zero-order chi connectivity index (χ0) is 13.1. The summed E-state index contributed by atoms with van der Waals surface area (Å²) >= 11 is 16.5. The van der Waals surface area contributed by atoms with Crippen LogP contribution in [0.15, 0.2) is 24.3 Å². The van der Waals surface area contributed by atoms with E-state index in [0.29, 0.717) is 12.1 Å². The van der Waals surface area contributed by atoms with Crippen LogP contribution in [0.5, 0.6) is 0 Å². The van der Waals surface area contributed by atoms with E-state index in [1.165, 1.54) is 4.90 Å². The molecule has 1 aromatic rings. The number of hydrogen-bond donors (Lipinski definition) is 0. The monoisotopic (exact) mass is 290 g/mol. The average molecular weight is 292 g/mol. The Morgan fingerprint density at radius 3 is 2.29 bits per heavy atom. The predicted molar refractivity (Wildman–Crippen MR) is 67.9 cm³/mol. The zero-order valence-electron chi connectivity index (χ0n) is 8.95. The number of nitrogens with zero attached hydrogens (tertiary/aromatic N) is 2. The van der Waals surface area contributed by atoms with E-state index in [4.69, 9.17) is 40.1 Å². The number of carbonyl (C=O) groups is 1. The second kappa shape index (κ2) is 5.59. The molecule has 1 amide bonds. The van der Waals surface area contributed by atoms with Gasteiger partial charge in [0.1, 0.15) is 0 Å². The molecule has 0 heterocycles. The fraction of sp³-hybridized carbons (Fsp3) is 0.273. The van der Waals surface area contributed by atoms with Crippen molar-refractivity contribution < 1.29 is 4.79 Å². The molecule has 0 atom stereocenters. The second-order valence-electron chi connectivity index (χ2n) is 3.47. The van der Waals surface area contributed by atoms with Gasteiger partial charge in [-0.1, -0.05) is 46.9 Å². The van der Waals surface area contributed by atoms with Crippen molar-refractivity contribution in [2.75, 3.05) is 7.05 Å². The van der Waals surface area contributed by atoms with Gasteiger partial charge in [-0.2, -0.15) is 5.26 Å². The highest BCUT2D eigenvalue weighted by molar-refractivity contribution is 6.76. The van der Waals surface area contributed by atoms with Crippen LogP contribution in [-0.2, 0) is 11.3 Å². The summed E-state index contributed by atoms with van der Waals surface area (Å²) in [5.41, 5.74) is 1.42. The summed E-state index contributed by atoms with van der Waals surface area (Å²) in [6, 6.07) is 8.85. The molecule has 0 aliphatic heterocycles. The largest absolute Gasteiger partial charge is 0.338 e. The van der Waals surface area contributed by atoms with E-state index < -0.39 is 9.70 Å². The van der Waals surface area contributed by atoms with Crippen LogP contribution in [0.25, 0.3) is 0 Å². The Balaban J connectivity index is 2.72. The minimum Gasteiger partial charge on any atom is -0.338 e. The van der Waals surface area contributed by atoms with E-state index in [-0.39, 0.29) is 0 Å². The van der Waals surface area contributed by atoms with E-state index in [1.807, 2.05) is 6.07 Å². The summed E-state index contributed by atoms with van der Waals surface area (Å²) in [6.07, 6.45) is 0. The highest BCUT2D eigenvalue weighted by atomic mass is 35.6. The fourth-order valence-corrected chi connectivity index (χ4v) is 1.68. The molecule has 0 unspecified atom stereocenters. The predicted octanol–water partition coefficient (Wildman–Crippen LogP) is 2.89. The van der Waals surface area contributed by atoms with Crippen LogP contribution in [0.2, 0.25) is 0 Å². The molecular weight excluding hydrogens is 282 g/mol. The summed E-state index contributed by atoms with van der Waals surface area (Å²) in [5, 5.41) is 8.64. The van der Waals surface area contributed by atoms with Gasteiger partial charge in [-0.3, -0.25) is 4.79 Å². The van der Waals surface area contributed by atoms with Crippen molar-refractivity contribution >= 4 is 40.7 Å². The quantitative estimate of drug-likeness (QED) is 0.786. The molecule has 90 valence electrons. The molecule has 1 rings (SSSR count). The maximum Gasteiger partial charge on any atom is 0.274 e. The molecule has 0 N–H and O–H groups in total. The van der Waals surface area contributed by atoms with Gasteiger partial charge in [-0.15, -0.1) is 0 Å². The highest BCUT2D eigenvalue weighted by Crippen LogP contribution is 2.28. The fourth-order valence-electron chi connectivity index (χ4n) is 1.25. The summed E-state index contributed by atoms with van der Waals surface area (Å²) < 4.78 is -1.94. The van der Waals surface area contributed by atoms with Gasteiger partial charge in [0.05, 0.1) is 11.6 Å². The van der Waals surface area contributed by atoms with Gasteiger partial charge in [0.25, 0.3) is 9.70 Å². The first-order valence-corrected chi connectivity index (χ1v) is 5.79. The lowest BCUT2D eigenvalue weighted by Gasteiger charge is -2.21. The lowest BCUT2D eigenvalue weighted by molar-refractivity contribution is -0.129. The molecule has 0 aliphatic carbocycles. The van der Waals surface area contributed by atoms with E-state index in [2.05, 4.69) is 0 Å². The van der Waals surface area contributed by atoms with Gasteiger partial charge in [0.2, 0.25) is 0 Å². The van der Waals surface area contributed by atoms with Crippen molar-refractivity contribution in [1.82, 2.24) is 4.90 Å². The number of amides is 1. The highest BCUT2D eigenvalue weighted by Gasteiger charge is 2.33. The van der Waals surface area contributed by atoms with Crippen LogP contribution < -0.4 is 0 Å². The molecule has 0 radical (unpaired) electrons. The first-order chi connectivity index (χ1) is 7.84. The molecular formula is C11H9Cl3N2O. The van der Waals surface area contributed by atoms with Crippen LogP contribution in [0.3, 0.4) is 0 Å². The third-order valence-corrected chi connectivity index (χ3v) is 2.58. The Morgan fingerprint density at radius 2 is 1.88 bits per heavy atom. The van der Waals surface area contributed by atoms with Gasteiger partial charge in [-0.25, -0.2) is 0 Å². The van der Waals surface area contributed by atoms with Crippen molar-refractivity contribution in [3.63, 3.8) is 0 Å². The van der Waals surface area contributed by atoms with Crippen LogP contribution in [0.4, 0.5) is 0 Å². The Hall–Kier alpha value is -0.950. The summed E-state index contributed by atoms with van der Waals surface area (Å²) in [5.74, 6) is -0.591. The lowest BCUT2D eigenvalue weighted by atomic mass is 10.1. The Bertz CT molecular complexity index is 445. The van der Waals surface area contributed by atoms with E-state index in [1.54, 1.807) is 31.3 Å². The molecule has 0 saturated carbocycles. The smallest absolute Gasteiger partial charge is 0.274 e. The summed E-state index contributed by atoms with van der Waals surface area (Å²) in [4.78, 5) is 12.9. The van der Waals surface area contributed by atoms with Crippen molar-refractivity contribution in [2.24, 2.45) is 0 Å². The summed E-state index contributed by atoms with van der Waals surface area (Å²) in [6.45, 7) is 0.318. The first kappa shape index (κ1) is 14.1. The van der Waals surface area contributed by atoms with Crippen LogP contribution in [0, 0.1) is 11.3 Å². The van der Waals surface area contributed by atoms with Crippen molar-refractivity contribution in [1.29, 1.82) is 5.26 Å². The molecule has 1 aromatic carbocycles. The molecule has 0 bridgehead atoms. The number of carbonyl (C=O) groups excluding carboxylic acids is 1. The molecule has 0 fully saturated rings. The third kappa shape index (κ3) is 4.08. The minimum atomic E-state index is -1.94. The van der Waals surface area contributed by atoms with Crippen LogP contribution >= 0.6 is 34.8 Å². The van der Waals surface area contributed by atoms with Gasteiger partial charge < -0.3 is 4.90 Å². The van der Waals surface area contributed by atoms with Gasteiger partial charge in [0.15, 0.2) is 0 Å². The van der Waals surface area contributed by atoms with Crippen molar-refractivity contribution in [2.45, 2.75) is 10.3 Å².